The van der Waals surface area contributed by atoms with Crippen LogP contribution < -0.4 is 5.32 Å². The molecule has 0 radical (unpaired) electrons. The third-order valence-corrected chi connectivity index (χ3v) is 3.34. The van der Waals surface area contributed by atoms with Gasteiger partial charge in [0, 0.05) is 22.8 Å². The number of benzene rings is 1. The van der Waals surface area contributed by atoms with Gasteiger partial charge in [-0.2, -0.15) is 5.10 Å². The molecule has 5 heteroatoms. The van der Waals surface area contributed by atoms with Crippen molar-refractivity contribution in [3.05, 3.63) is 45.7 Å². The fourth-order valence-corrected chi connectivity index (χ4v) is 2.18. The Morgan fingerprint density at radius 2 is 2.11 bits per heavy atom. The van der Waals surface area contributed by atoms with Gasteiger partial charge in [0.05, 0.1) is 16.9 Å². The van der Waals surface area contributed by atoms with Crippen molar-refractivity contribution in [1.29, 1.82) is 0 Å². The Labute approximate surface area is 127 Å². The van der Waals surface area contributed by atoms with Gasteiger partial charge in [0.25, 0.3) is 0 Å². The van der Waals surface area contributed by atoms with E-state index in [-0.39, 0.29) is 5.54 Å². The molecule has 0 saturated heterocycles. The number of halogens is 2. The van der Waals surface area contributed by atoms with E-state index >= 15 is 0 Å². The van der Waals surface area contributed by atoms with Crippen molar-refractivity contribution in [3.8, 4) is 5.69 Å². The van der Waals surface area contributed by atoms with Gasteiger partial charge in [-0.25, -0.2) is 4.68 Å². The second-order valence-electron chi connectivity index (χ2n) is 5.48. The molecule has 0 aliphatic carbocycles. The first-order valence-electron chi connectivity index (χ1n) is 6.09. The number of nitrogens with one attached hydrogen (secondary N) is 1. The Morgan fingerprint density at radius 1 is 1.37 bits per heavy atom. The van der Waals surface area contributed by atoms with Gasteiger partial charge >= 0.3 is 0 Å². The van der Waals surface area contributed by atoms with Crippen molar-refractivity contribution >= 4 is 27.5 Å². The van der Waals surface area contributed by atoms with Crippen LogP contribution in [0.5, 0.6) is 0 Å². The molecule has 0 fully saturated rings. The predicted molar refractivity (Wildman–Crippen MR) is 82.9 cm³/mol. The Bertz CT molecular complexity index is 572. The monoisotopic (exact) mass is 341 g/mol. The molecule has 1 N–H and O–H groups in total. The van der Waals surface area contributed by atoms with Crippen molar-refractivity contribution in [2.75, 3.05) is 0 Å². The van der Waals surface area contributed by atoms with Gasteiger partial charge in [-0.3, -0.25) is 0 Å². The molecular weight excluding hydrogens is 326 g/mol. The maximum absolute atomic E-state index is 5.94. The summed E-state index contributed by atoms with van der Waals surface area (Å²) in [5.41, 5.74) is 2.28. The summed E-state index contributed by atoms with van der Waals surface area (Å²) in [6.07, 6.45) is 3.45. The molecule has 1 aromatic carbocycles. The molecule has 1 aromatic heterocycles. The lowest BCUT2D eigenvalue weighted by molar-refractivity contribution is 0.424. The number of rotatable bonds is 3. The van der Waals surface area contributed by atoms with Crippen LogP contribution in [0.15, 0.2) is 35.1 Å². The summed E-state index contributed by atoms with van der Waals surface area (Å²) in [6, 6.07) is 6.17. The molecule has 3 nitrogen and oxygen atoms in total. The summed E-state index contributed by atoms with van der Waals surface area (Å²) in [5, 5.41) is 8.39. The standard InChI is InChI=1S/C14H17BrClN3/c1-14(2,3)17-7-10-4-5-11(15)6-13(10)19-9-12(16)8-18-19/h4-6,8-9,17H,7H2,1-3H3. The zero-order valence-electron chi connectivity index (χ0n) is 11.2. The maximum Gasteiger partial charge on any atom is 0.0790 e. The van der Waals surface area contributed by atoms with Crippen LogP contribution in [0, 0.1) is 0 Å². The highest BCUT2D eigenvalue weighted by Crippen LogP contribution is 2.22. The molecule has 0 saturated carbocycles. The molecule has 2 aromatic rings. The highest BCUT2D eigenvalue weighted by atomic mass is 79.9. The molecule has 0 spiro atoms. The first-order valence-corrected chi connectivity index (χ1v) is 7.26. The second kappa shape index (κ2) is 5.65. The van der Waals surface area contributed by atoms with Crippen molar-refractivity contribution in [2.45, 2.75) is 32.9 Å². The van der Waals surface area contributed by atoms with Crippen LogP contribution >= 0.6 is 27.5 Å². The van der Waals surface area contributed by atoms with E-state index in [0.717, 1.165) is 16.7 Å². The summed E-state index contributed by atoms with van der Waals surface area (Å²) in [5.74, 6) is 0. The SMILES string of the molecule is CC(C)(C)NCc1ccc(Br)cc1-n1cc(Cl)cn1. The van der Waals surface area contributed by atoms with Crippen molar-refractivity contribution in [2.24, 2.45) is 0 Å². The molecule has 0 bridgehead atoms. The van der Waals surface area contributed by atoms with Gasteiger partial charge in [-0.05, 0) is 38.5 Å². The smallest absolute Gasteiger partial charge is 0.0790 e. The van der Waals surface area contributed by atoms with Crippen molar-refractivity contribution in [3.63, 3.8) is 0 Å². The van der Waals surface area contributed by atoms with Gasteiger partial charge in [0.1, 0.15) is 0 Å². The highest BCUT2D eigenvalue weighted by molar-refractivity contribution is 9.10. The number of aromatic nitrogens is 2. The number of nitrogens with zero attached hydrogens (tertiary/aromatic N) is 2. The zero-order valence-corrected chi connectivity index (χ0v) is 13.6. The van der Waals surface area contributed by atoms with Crippen molar-refractivity contribution < 1.29 is 0 Å². The fraction of sp³-hybridized carbons (Fsp3) is 0.357. The fourth-order valence-electron chi connectivity index (χ4n) is 1.69. The second-order valence-corrected chi connectivity index (χ2v) is 6.83. The van der Waals surface area contributed by atoms with Crippen LogP contribution in [-0.2, 0) is 6.54 Å². The van der Waals surface area contributed by atoms with Crippen LogP contribution in [0.25, 0.3) is 5.69 Å². The Balaban J connectivity index is 2.33. The molecule has 0 amide bonds. The van der Waals surface area contributed by atoms with Gasteiger partial charge in [0.15, 0.2) is 0 Å². The van der Waals surface area contributed by atoms with E-state index in [4.69, 9.17) is 11.6 Å². The average molecular weight is 343 g/mol. The minimum Gasteiger partial charge on any atom is -0.308 e. The predicted octanol–water partition coefficient (Wildman–Crippen LogP) is 4.18. The minimum atomic E-state index is 0.0755. The quantitative estimate of drug-likeness (QED) is 0.907. The average Bonchev–Trinajstić information content (AvgIpc) is 2.73. The molecular formula is C14H17BrClN3. The molecule has 19 heavy (non-hydrogen) atoms. The Morgan fingerprint density at radius 3 is 2.68 bits per heavy atom. The Hall–Kier alpha value is -0.840. The van der Waals surface area contributed by atoms with Crippen LogP contribution in [0.1, 0.15) is 26.3 Å². The van der Waals surface area contributed by atoms with Gasteiger partial charge in [-0.15, -0.1) is 0 Å². The van der Waals surface area contributed by atoms with Crippen LogP contribution in [0.4, 0.5) is 0 Å². The van der Waals surface area contributed by atoms with Gasteiger partial charge in [0.2, 0.25) is 0 Å². The zero-order chi connectivity index (χ0) is 14.0. The van der Waals surface area contributed by atoms with E-state index in [0.29, 0.717) is 5.02 Å². The summed E-state index contributed by atoms with van der Waals surface area (Å²) in [6.45, 7) is 7.23. The summed E-state index contributed by atoms with van der Waals surface area (Å²) in [4.78, 5) is 0. The number of hydrogen-bond acceptors (Lipinski definition) is 2. The van der Waals surface area contributed by atoms with Gasteiger partial charge in [-0.1, -0.05) is 33.6 Å². The molecule has 0 atom stereocenters. The highest BCUT2D eigenvalue weighted by Gasteiger charge is 2.12. The van der Waals surface area contributed by atoms with E-state index in [2.05, 4.69) is 53.2 Å². The Kier molecular flexibility index (Phi) is 4.33. The topological polar surface area (TPSA) is 29.9 Å². The molecule has 1 heterocycles. The largest absolute Gasteiger partial charge is 0.308 e. The van der Waals surface area contributed by atoms with Crippen LogP contribution in [-0.4, -0.2) is 15.3 Å². The lowest BCUT2D eigenvalue weighted by Gasteiger charge is -2.21. The van der Waals surface area contributed by atoms with E-state index < -0.39 is 0 Å². The molecule has 2 rings (SSSR count). The lowest BCUT2D eigenvalue weighted by atomic mass is 10.1. The summed E-state index contributed by atoms with van der Waals surface area (Å²) in [7, 11) is 0. The molecule has 0 aliphatic heterocycles. The number of hydrogen-bond donors (Lipinski definition) is 1. The van der Waals surface area contributed by atoms with Crippen molar-refractivity contribution in [1.82, 2.24) is 15.1 Å². The molecule has 0 aliphatic rings. The van der Waals surface area contributed by atoms with Crippen LogP contribution in [0.2, 0.25) is 5.02 Å². The van der Waals surface area contributed by atoms with E-state index in [1.807, 2.05) is 18.3 Å². The minimum absolute atomic E-state index is 0.0755. The molecule has 102 valence electrons. The lowest BCUT2D eigenvalue weighted by Crippen LogP contribution is -2.35. The maximum atomic E-state index is 5.94. The third-order valence-electron chi connectivity index (χ3n) is 2.65. The first kappa shape index (κ1) is 14.6. The first-order chi connectivity index (χ1) is 8.85. The van der Waals surface area contributed by atoms with E-state index in [1.165, 1.54) is 5.56 Å². The summed E-state index contributed by atoms with van der Waals surface area (Å²) < 4.78 is 2.82. The van der Waals surface area contributed by atoms with Crippen LogP contribution in [0.3, 0.4) is 0 Å². The van der Waals surface area contributed by atoms with E-state index in [9.17, 15) is 0 Å². The normalized spacial score (nSPS) is 11.8. The summed E-state index contributed by atoms with van der Waals surface area (Å²) >= 11 is 9.44. The van der Waals surface area contributed by atoms with E-state index in [1.54, 1.807) is 10.9 Å². The molecule has 0 unspecified atom stereocenters. The van der Waals surface area contributed by atoms with Gasteiger partial charge < -0.3 is 5.32 Å². The third kappa shape index (κ3) is 4.06.